The van der Waals surface area contributed by atoms with Gasteiger partial charge in [-0.1, -0.05) is 12.1 Å². The van der Waals surface area contributed by atoms with Crippen molar-refractivity contribution in [1.29, 1.82) is 0 Å². The van der Waals surface area contributed by atoms with Crippen molar-refractivity contribution in [2.45, 2.75) is 32.4 Å². The van der Waals surface area contributed by atoms with Gasteiger partial charge in [-0.05, 0) is 44.5 Å². The SMILES string of the molecule is COc1c(Oc2ccc(CCN)cc2)cc(C(=O)N2CCN[C@@H](C)[C@@H]2C)c(OC)c1OC. The normalized spacial score (nSPS) is 18.2. The summed E-state index contributed by atoms with van der Waals surface area (Å²) in [6, 6.07) is 9.52. The van der Waals surface area contributed by atoms with Crippen LogP contribution in [0.1, 0.15) is 29.8 Å². The van der Waals surface area contributed by atoms with Crippen LogP contribution in [-0.2, 0) is 6.42 Å². The van der Waals surface area contributed by atoms with E-state index in [2.05, 4.69) is 12.2 Å². The minimum Gasteiger partial charge on any atom is -0.492 e. The van der Waals surface area contributed by atoms with Gasteiger partial charge in [-0.25, -0.2) is 0 Å². The van der Waals surface area contributed by atoms with E-state index in [1.54, 1.807) is 6.07 Å². The summed E-state index contributed by atoms with van der Waals surface area (Å²) >= 11 is 0. The van der Waals surface area contributed by atoms with Crippen molar-refractivity contribution in [1.82, 2.24) is 10.2 Å². The van der Waals surface area contributed by atoms with Crippen LogP contribution in [0.25, 0.3) is 0 Å². The summed E-state index contributed by atoms with van der Waals surface area (Å²) in [5.74, 6) is 1.82. The zero-order valence-corrected chi connectivity index (χ0v) is 19.4. The number of carbonyl (C=O) groups is 1. The van der Waals surface area contributed by atoms with Crippen LogP contribution < -0.4 is 30.0 Å². The molecule has 0 spiro atoms. The molecule has 32 heavy (non-hydrogen) atoms. The molecular weight excluding hydrogens is 410 g/mol. The van der Waals surface area contributed by atoms with Crippen molar-refractivity contribution in [2.75, 3.05) is 41.0 Å². The molecule has 0 aliphatic carbocycles. The summed E-state index contributed by atoms with van der Waals surface area (Å²) in [6.45, 7) is 6.01. The van der Waals surface area contributed by atoms with Crippen LogP contribution in [-0.4, -0.2) is 63.9 Å². The van der Waals surface area contributed by atoms with Crippen LogP contribution in [0.15, 0.2) is 30.3 Å². The number of ether oxygens (including phenoxy) is 4. The fourth-order valence-electron chi connectivity index (χ4n) is 3.93. The maximum absolute atomic E-state index is 13.6. The van der Waals surface area contributed by atoms with Crippen LogP contribution in [0.3, 0.4) is 0 Å². The number of nitrogens with zero attached hydrogens (tertiary/aromatic N) is 1. The third-order valence-electron chi connectivity index (χ3n) is 5.88. The number of hydrogen-bond acceptors (Lipinski definition) is 7. The second kappa shape index (κ2) is 10.6. The lowest BCUT2D eigenvalue weighted by Gasteiger charge is -2.39. The van der Waals surface area contributed by atoms with E-state index in [1.807, 2.05) is 36.1 Å². The summed E-state index contributed by atoms with van der Waals surface area (Å²) < 4.78 is 22.9. The fourth-order valence-corrected chi connectivity index (χ4v) is 3.93. The van der Waals surface area contributed by atoms with Crippen LogP contribution in [0.5, 0.6) is 28.7 Å². The molecule has 174 valence electrons. The molecule has 8 nitrogen and oxygen atoms in total. The van der Waals surface area contributed by atoms with E-state index in [4.69, 9.17) is 24.7 Å². The van der Waals surface area contributed by atoms with Crippen LogP contribution in [0.2, 0.25) is 0 Å². The van der Waals surface area contributed by atoms with Gasteiger partial charge in [-0.2, -0.15) is 0 Å². The van der Waals surface area contributed by atoms with E-state index in [0.717, 1.165) is 18.5 Å². The van der Waals surface area contributed by atoms with E-state index >= 15 is 0 Å². The van der Waals surface area contributed by atoms with Gasteiger partial charge in [0.1, 0.15) is 5.75 Å². The van der Waals surface area contributed by atoms with Gasteiger partial charge in [0, 0.05) is 31.2 Å². The van der Waals surface area contributed by atoms with Crippen LogP contribution in [0.4, 0.5) is 0 Å². The van der Waals surface area contributed by atoms with E-state index < -0.39 is 0 Å². The lowest BCUT2D eigenvalue weighted by atomic mass is 10.0. The molecule has 1 saturated heterocycles. The molecule has 0 radical (unpaired) electrons. The summed E-state index contributed by atoms with van der Waals surface area (Å²) in [5.41, 5.74) is 7.11. The van der Waals surface area contributed by atoms with E-state index in [-0.39, 0.29) is 18.0 Å². The third-order valence-corrected chi connectivity index (χ3v) is 5.88. The predicted octanol–water partition coefficient (Wildman–Crippen LogP) is 2.83. The molecule has 0 aromatic heterocycles. The molecule has 1 fully saturated rings. The predicted molar refractivity (Wildman–Crippen MR) is 123 cm³/mol. The molecule has 0 bridgehead atoms. The highest BCUT2D eigenvalue weighted by Gasteiger charge is 2.33. The third kappa shape index (κ3) is 4.76. The Morgan fingerprint density at radius 1 is 1.06 bits per heavy atom. The Balaban J connectivity index is 2.04. The average molecular weight is 444 g/mol. The van der Waals surface area contributed by atoms with Gasteiger partial charge >= 0.3 is 0 Å². The molecule has 3 N–H and O–H groups in total. The molecule has 1 aliphatic heterocycles. The molecule has 0 unspecified atom stereocenters. The quantitative estimate of drug-likeness (QED) is 0.648. The summed E-state index contributed by atoms with van der Waals surface area (Å²) in [4.78, 5) is 15.4. The first kappa shape index (κ1) is 23.7. The second-order valence-corrected chi connectivity index (χ2v) is 7.79. The molecule has 3 rings (SSSR count). The number of benzene rings is 2. The van der Waals surface area contributed by atoms with E-state index in [9.17, 15) is 4.79 Å². The number of amides is 1. The molecule has 2 atom stereocenters. The molecular formula is C24H33N3O5. The van der Waals surface area contributed by atoms with Crippen molar-refractivity contribution in [3.63, 3.8) is 0 Å². The van der Waals surface area contributed by atoms with Gasteiger partial charge in [0.2, 0.25) is 11.5 Å². The van der Waals surface area contributed by atoms with Gasteiger partial charge < -0.3 is 34.9 Å². The highest BCUT2D eigenvalue weighted by molar-refractivity contribution is 5.99. The average Bonchev–Trinajstić information content (AvgIpc) is 2.80. The molecule has 2 aromatic rings. The first-order valence-electron chi connectivity index (χ1n) is 10.8. The Kier molecular flexibility index (Phi) is 7.82. The monoisotopic (exact) mass is 443 g/mol. The number of nitrogens with two attached hydrogens (primary N) is 1. The molecule has 2 aromatic carbocycles. The Hall–Kier alpha value is -2.97. The summed E-state index contributed by atoms with van der Waals surface area (Å²) in [5, 5.41) is 3.39. The van der Waals surface area contributed by atoms with Gasteiger partial charge in [-0.15, -0.1) is 0 Å². The largest absolute Gasteiger partial charge is 0.492 e. The fraction of sp³-hybridized carbons (Fsp3) is 0.458. The Morgan fingerprint density at radius 3 is 2.31 bits per heavy atom. The van der Waals surface area contributed by atoms with E-state index in [1.165, 1.54) is 21.3 Å². The van der Waals surface area contributed by atoms with Gasteiger partial charge in [0.05, 0.1) is 26.9 Å². The molecule has 1 aliphatic rings. The number of rotatable bonds is 8. The first-order chi connectivity index (χ1) is 15.4. The number of piperazine rings is 1. The molecule has 1 amide bonds. The molecule has 0 saturated carbocycles. The van der Waals surface area contributed by atoms with Gasteiger partial charge in [-0.3, -0.25) is 4.79 Å². The first-order valence-corrected chi connectivity index (χ1v) is 10.8. The van der Waals surface area contributed by atoms with Gasteiger partial charge in [0.25, 0.3) is 5.91 Å². The Bertz CT molecular complexity index is 932. The van der Waals surface area contributed by atoms with Crippen molar-refractivity contribution in [3.05, 3.63) is 41.5 Å². The lowest BCUT2D eigenvalue weighted by Crippen LogP contribution is -2.57. The van der Waals surface area contributed by atoms with Crippen LogP contribution >= 0.6 is 0 Å². The maximum Gasteiger partial charge on any atom is 0.258 e. The minimum atomic E-state index is -0.146. The van der Waals surface area contributed by atoms with Crippen molar-refractivity contribution >= 4 is 5.91 Å². The maximum atomic E-state index is 13.6. The molecule has 8 heteroatoms. The van der Waals surface area contributed by atoms with Gasteiger partial charge in [0.15, 0.2) is 11.5 Å². The number of nitrogens with one attached hydrogen (secondary N) is 1. The highest BCUT2D eigenvalue weighted by atomic mass is 16.5. The minimum absolute atomic E-state index is 0.0218. The standard InChI is InChI=1S/C24H33N3O5/c1-15-16(2)27(13-12-26-15)24(28)19-14-20(22(30-4)23(31-5)21(19)29-3)32-18-8-6-17(7-9-18)10-11-25/h6-9,14-16,26H,10-13,25H2,1-5H3/t15-,16-/m0/s1. The summed E-state index contributed by atoms with van der Waals surface area (Å²) in [6.07, 6.45) is 0.792. The van der Waals surface area contributed by atoms with Crippen molar-refractivity contribution in [3.8, 4) is 28.7 Å². The number of methoxy groups -OCH3 is 3. The zero-order valence-electron chi connectivity index (χ0n) is 19.4. The van der Waals surface area contributed by atoms with Crippen molar-refractivity contribution < 1.29 is 23.7 Å². The van der Waals surface area contributed by atoms with E-state index in [0.29, 0.717) is 47.4 Å². The highest BCUT2D eigenvalue weighted by Crippen LogP contribution is 2.48. The topological polar surface area (TPSA) is 95.3 Å². The zero-order chi connectivity index (χ0) is 23.3. The second-order valence-electron chi connectivity index (χ2n) is 7.79. The summed E-state index contributed by atoms with van der Waals surface area (Å²) in [7, 11) is 4.54. The Morgan fingerprint density at radius 2 is 1.72 bits per heavy atom. The van der Waals surface area contributed by atoms with Crippen molar-refractivity contribution in [2.24, 2.45) is 5.73 Å². The molecule has 1 heterocycles. The Labute approximate surface area is 189 Å². The smallest absolute Gasteiger partial charge is 0.258 e. The van der Waals surface area contributed by atoms with Crippen LogP contribution in [0, 0.1) is 0 Å². The number of carbonyl (C=O) groups excluding carboxylic acids is 1. The lowest BCUT2D eigenvalue weighted by molar-refractivity contribution is 0.0598. The number of hydrogen-bond donors (Lipinski definition) is 2.